The highest BCUT2D eigenvalue weighted by Crippen LogP contribution is 2.20. The lowest BCUT2D eigenvalue weighted by molar-refractivity contribution is 0.327. The lowest BCUT2D eigenvalue weighted by atomic mass is 10.1. The van der Waals surface area contributed by atoms with E-state index in [1.165, 1.54) is 6.42 Å². The maximum absolute atomic E-state index is 5.43. The van der Waals surface area contributed by atoms with E-state index >= 15 is 0 Å². The summed E-state index contributed by atoms with van der Waals surface area (Å²) in [4.78, 5) is 17.7. The number of hydrogen-bond acceptors (Lipinski definition) is 7. The molecule has 1 saturated heterocycles. The van der Waals surface area contributed by atoms with Crippen molar-refractivity contribution in [3.05, 3.63) is 31.0 Å². The zero-order valence-corrected chi connectivity index (χ0v) is 14.1. The Morgan fingerprint density at radius 3 is 3.12 bits per heavy atom. The molecule has 0 saturated carbocycles. The molecule has 4 rings (SSSR count). The van der Waals surface area contributed by atoms with Gasteiger partial charge in [0, 0.05) is 18.7 Å². The molecule has 0 bridgehead atoms. The van der Waals surface area contributed by atoms with Gasteiger partial charge in [0.2, 0.25) is 5.88 Å². The highest BCUT2D eigenvalue weighted by atomic mass is 16.5. The number of ether oxygens (including phenoxy) is 1. The first-order chi connectivity index (χ1) is 12.3. The molecular weight excluding hydrogens is 318 g/mol. The predicted octanol–water partition coefficient (Wildman–Crippen LogP) is 1.77. The van der Waals surface area contributed by atoms with Gasteiger partial charge in [-0.15, -0.1) is 0 Å². The molecule has 0 amide bonds. The van der Waals surface area contributed by atoms with Crippen molar-refractivity contribution < 1.29 is 4.74 Å². The quantitative estimate of drug-likeness (QED) is 0.732. The lowest BCUT2D eigenvalue weighted by Crippen LogP contribution is -2.38. The summed E-state index contributed by atoms with van der Waals surface area (Å²) in [5.41, 5.74) is 1.68. The Morgan fingerprint density at radius 2 is 2.28 bits per heavy atom. The van der Waals surface area contributed by atoms with Gasteiger partial charge >= 0.3 is 0 Å². The maximum Gasteiger partial charge on any atom is 0.215 e. The highest BCUT2D eigenvalue weighted by Gasteiger charge is 2.14. The van der Waals surface area contributed by atoms with Gasteiger partial charge < -0.3 is 15.4 Å². The van der Waals surface area contributed by atoms with Crippen molar-refractivity contribution in [1.82, 2.24) is 29.8 Å². The van der Waals surface area contributed by atoms with Gasteiger partial charge in [-0.2, -0.15) is 0 Å². The molecule has 1 atom stereocenters. The van der Waals surface area contributed by atoms with Crippen LogP contribution in [-0.4, -0.2) is 50.2 Å². The molecule has 25 heavy (non-hydrogen) atoms. The van der Waals surface area contributed by atoms with Crippen LogP contribution in [-0.2, 0) is 0 Å². The third-order valence-electron chi connectivity index (χ3n) is 4.22. The fourth-order valence-electron chi connectivity index (χ4n) is 3.03. The molecule has 2 N–H and O–H groups in total. The number of imidazole rings is 1. The van der Waals surface area contributed by atoms with Crippen molar-refractivity contribution in [3.8, 4) is 11.7 Å². The molecular formula is C17H21N7O. The second-order valence-electron chi connectivity index (χ2n) is 6.01. The van der Waals surface area contributed by atoms with Gasteiger partial charge in [0.05, 0.1) is 36.2 Å². The Kier molecular flexibility index (Phi) is 4.43. The predicted molar refractivity (Wildman–Crippen MR) is 95.1 cm³/mol. The summed E-state index contributed by atoms with van der Waals surface area (Å²) in [6.45, 7) is 4.54. The van der Waals surface area contributed by atoms with E-state index in [0.717, 1.165) is 36.4 Å². The van der Waals surface area contributed by atoms with Crippen LogP contribution >= 0.6 is 0 Å². The van der Waals surface area contributed by atoms with Crippen molar-refractivity contribution in [2.45, 2.75) is 25.8 Å². The normalized spacial score (nSPS) is 17.6. The molecule has 1 fully saturated rings. The summed E-state index contributed by atoms with van der Waals surface area (Å²) in [5.74, 6) is 2.06. The Morgan fingerprint density at radius 1 is 1.32 bits per heavy atom. The van der Waals surface area contributed by atoms with Crippen LogP contribution in [0.2, 0.25) is 0 Å². The SMILES string of the molecule is CCOc1cc2ncn(-c3cncc(NC4CCCNC4)n3)c2cn1. The van der Waals surface area contributed by atoms with Crippen LogP contribution in [0.25, 0.3) is 16.9 Å². The molecule has 1 aliphatic heterocycles. The van der Waals surface area contributed by atoms with E-state index in [1.54, 1.807) is 24.9 Å². The summed E-state index contributed by atoms with van der Waals surface area (Å²) < 4.78 is 7.31. The molecule has 3 aromatic rings. The Hall–Kier alpha value is -2.74. The standard InChI is InChI=1S/C17H21N7O/c1-2-25-17-6-13-14(8-20-17)24(11-21-13)16-10-19-9-15(23-16)22-12-4-3-5-18-7-12/h6,8-12,18H,2-5,7H2,1H3,(H,22,23). The Balaban J connectivity index is 1.61. The molecule has 1 aliphatic rings. The van der Waals surface area contributed by atoms with Crippen LogP contribution in [0.1, 0.15) is 19.8 Å². The number of aromatic nitrogens is 5. The van der Waals surface area contributed by atoms with Crippen LogP contribution < -0.4 is 15.4 Å². The number of hydrogen-bond donors (Lipinski definition) is 2. The average molecular weight is 339 g/mol. The van der Waals surface area contributed by atoms with Crippen molar-refractivity contribution >= 4 is 16.9 Å². The van der Waals surface area contributed by atoms with E-state index in [2.05, 4.69) is 30.6 Å². The minimum absolute atomic E-state index is 0.383. The Bertz CT molecular complexity index is 857. The zero-order valence-electron chi connectivity index (χ0n) is 14.1. The van der Waals surface area contributed by atoms with Gasteiger partial charge in [-0.1, -0.05) is 0 Å². The second kappa shape index (κ2) is 7.02. The fourth-order valence-corrected chi connectivity index (χ4v) is 3.03. The Labute approximate surface area is 145 Å². The highest BCUT2D eigenvalue weighted by molar-refractivity contribution is 5.77. The first-order valence-corrected chi connectivity index (χ1v) is 8.59. The molecule has 0 aliphatic carbocycles. The summed E-state index contributed by atoms with van der Waals surface area (Å²) >= 11 is 0. The lowest BCUT2D eigenvalue weighted by Gasteiger charge is -2.24. The van der Waals surface area contributed by atoms with E-state index in [9.17, 15) is 0 Å². The topological polar surface area (TPSA) is 89.8 Å². The summed E-state index contributed by atoms with van der Waals surface area (Å²) in [7, 11) is 0. The van der Waals surface area contributed by atoms with Gasteiger partial charge in [0.15, 0.2) is 5.82 Å². The van der Waals surface area contributed by atoms with E-state index in [0.29, 0.717) is 24.3 Å². The van der Waals surface area contributed by atoms with E-state index < -0.39 is 0 Å². The largest absolute Gasteiger partial charge is 0.478 e. The summed E-state index contributed by atoms with van der Waals surface area (Å²) in [6.07, 6.45) is 9.27. The smallest absolute Gasteiger partial charge is 0.215 e. The van der Waals surface area contributed by atoms with Crippen LogP contribution in [0, 0.1) is 0 Å². The zero-order chi connectivity index (χ0) is 17.1. The van der Waals surface area contributed by atoms with Gasteiger partial charge in [0.25, 0.3) is 0 Å². The van der Waals surface area contributed by atoms with E-state index in [-0.39, 0.29) is 0 Å². The molecule has 130 valence electrons. The number of piperidine rings is 1. The summed E-state index contributed by atoms with van der Waals surface area (Å²) in [6, 6.07) is 2.21. The molecule has 3 aromatic heterocycles. The van der Waals surface area contributed by atoms with E-state index in [4.69, 9.17) is 4.74 Å². The molecule has 0 radical (unpaired) electrons. The fraction of sp³-hybridized carbons (Fsp3) is 0.412. The van der Waals surface area contributed by atoms with Crippen molar-refractivity contribution in [2.75, 3.05) is 25.0 Å². The number of fused-ring (bicyclic) bond motifs is 1. The third kappa shape index (κ3) is 3.39. The third-order valence-corrected chi connectivity index (χ3v) is 4.22. The minimum atomic E-state index is 0.383. The van der Waals surface area contributed by atoms with Crippen LogP contribution in [0.3, 0.4) is 0 Å². The number of anilines is 1. The van der Waals surface area contributed by atoms with Gasteiger partial charge in [-0.05, 0) is 26.3 Å². The van der Waals surface area contributed by atoms with Crippen LogP contribution in [0.4, 0.5) is 5.82 Å². The van der Waals surface area contributed by atoms with Gasteiger partial charge in [0.1, 0.15) is 12.1 Å². The molecule has 8 heteroatoms. The number of rotatable bonds is 5. The van der Waals surface area contributed by atoms with Gasteiger partial charge in [-0.25, -0.2) is 15.0 Å². The first kappa shape index (κ1) is 15.8. The molecule has 0 aromatic carbocycles. The average Bonchev–Trinajstić information content (AvgIpc) is 3.06. The van der Waals surface area contributed by atoms with Crippen molar-refractivity contribution in [2.24, 2.45) is 0 Å². The van der Waals surface area contributed by atoms with Gasteiger partial charge in [-0.3, -0.25) is 9.55 Å². The second-order valence-corrected chi connectivity index (χ2v) is 6.01. The summed E-state index contributed by atoms with van der Waals surface area (Å²) in [5, 5.41) is 6.84. The van der Waals surface area contributed by atoms with Crippen LogP contribution in [0.15, 0.2) is 31.0 Å². The van der Waals surface area contributed by atoms with Crippen LogP contribution in [0.5, 0.6) is 5.88 Å². The number of nitrogens with one attached hydrogen (secondary N) is 2. The van der Waals surface area contributed by atoms with Crippen molar-refractivity contribution in [3.63, 3.8) is 0 Å². The number of nitrogens with zero attached hydrogens (tertiary/aromatic N) is 5. The molecule has 4 heterocycles. The minimum Gasteiger partial charge on any atom is -0.478 e. The maximum atomic E-state index is 5.43. The van der Waals surface area contributed by atoms with Crippen molar-refractivity contribution in [1.29, 1.82) is 0 Å². The molecule has 0 spiro atoms. The molecule has 8 nitrogen and oxygen atoms in total. The monoisotopic (exact) mass is 339 g/mol. The number of pyridine rings is 1. The first-order valence-electron chi connectivity index (χ1n) is 8.59. The van der Waals surface area contributed by atoms with E-state index in [1.807, 2.05) is 17.6 Å². The molecule has 1 unspecified atom stereocenters.